The van der Waals surface area contributed by atoms with Gasteiger partial charge in [0.15, 0.2) is 5.75 Å². The van der Waals surface area contributed by atoms with Gasteiger partial charge < -0.3 is 24.8 Å². The fourth-order valence-electron chi connectivity index (χ4n) is 2.48. The number of halogens is 1. The summed E-state index contributed by atoms with van der Waals surface area (Å²) in [6.07, 6.45) is 0. The number of anilines is 2. The summed E-state index contributed by atoms with van der Waals surface area (Å²) in [5, 5.41) is 17.1. The number of amides is 1. The lowest BCUT2D eigenvalue weighted by Gasteiger charge is -2.15. The Kier molecular flexibility index (Phi) is 6.89. The number of methoxy groups -OCH3 is 3. The van der Waals surface area contributed by atoms with Crippen molar-refractivity contribution in [3.8, 4) is 17.2 Å². The van der Waals surface area contributed by atoms with E-state index in [-0.39, 0.29) is 23.9 Å². The number of nitro groups is 1. The Morgan fingerprint density at radius 1 is 1.04 bits per heavy atom. The van der Waals surface area contributed by atoms with Crippen LogP contribution in [-0.2, 0) is 4.79 Å². The van der Waals surface area contributed by atoms with Gasteiger partial charge in [0, 0.05) is 30.0 Å². The zero-order chi connectivity index (χ0) is 20.8. The molecule has 0 spiro atoms. The molecule has 0 heterocycles. The minimum Gasteiger partial charge on any atom is -0.495 e. The Labute approximate surface area is 166 Å². The Hall–Kier alpha value is -3.20. The molecule has 2 aromatic carbocycles. The standard InChI is InChI=1S/C18H20ClN3O6/c1-10-5-14(22(24)25)17(28-4)7-12(10)21-18(23)9-20-13-8-15(26-2)11(19)6-16(13)27-3/h5-8,20H,9H2,1-4H3,(H,21,23). The number of ether oxygens (including phenoxy) is 3. The van der Waals surface area contributed by atoms with E-state index in [1.165, 1.54) is 33.5 Å². The molecule has 0 aliphatic heterocycles. The van der Waals surface area contributed by atoms with E-state index in [9.17, 15) is 14.9 Å². The molecular weight excluding hydrogens is 390 g/mol. The van der Waals surface area contributed by atoms with E-state index in [0.717, 1.165) is 0 Å². The van der Waals surface area contributed by atoms with Gasteiger partial charge in [0.25, 0.3) is 0 Å². The first-order chi connectivity index (χ1) is 13.3. The van der Waals surface area contributed by atoms with Crippen molar-refractivity contribution in [2.45, 2.75) is 6.92 Å². The highest BCUT2D eigenvalue weighted by Gasteiger charge is 2.18. The van der Waals surface area contributed by atoms with Crippen LogP contribution in [0.15, 0.2) is 24.3 Å². The molecule has 9 nitrogen and oxygen atoms in total. The van der Waals surface area contributed by atoms with Gasteiger partial charge in [-0.1, -0.05) is 11.6 Å². The van der Waals surface area contributed by atoms with E-state index in [1.54, 1.807) is 19.1 Å². The van der Waals surface area contributed by atoms with Crippen molar-refractivity contribution in [3.63, 3.8) is 0 Å². The Bertz CT molecular complexity index is 903. The minimum absolute atomic E-state index is 0.0583. The second-order valence-electron chi connectivity index (χ2n) is 5.68. The number of nitrogens with one attached hydrogen (secondary N) is 2. The molecule has 2 rings (SSSR count). The predicted octanol–water partition coefficient (Wildman–Crippen LogP) is 3.63. The number of hydrogen-bond donors (Lipinski definition) is 2. The van der Waals surface area contributed by atoms with Crippen LogP contribution in [0.2, 0.25) is 5.02 Å². The largest absolute Gasteiger partial charge is 0.495 e. The lowest BCUT2D eigenvalue weighted by molar-refractivity contribution is -0.385. The molecule has 10 heteroatoms. The number of carbonyl (C=O) groups excluding carboxylic acids is 1. The molecular formula is C18H20ClN3O6. The monoisotopic (exact) mass is 409 g/mol. The summed E-state index contributed by atoms with van der Waals surface area (Å²) in [6, 6.07) is 5.95. The molecule has 0 aliphatic rings. The molecule has 28 heavy (non-hydrogen) atoms. The lowest BCUT2D eigenvalue weighted by Crippen LogP contribution is -2.22. The zero-order valence-electron chi connectivity index (χ0n) is 15.8. The van der Waals surface area contributed by atoms with Crippen LogP contribution < -0.4 is 24.8 Å². The first-order valence-corrected chi connectivity index (χ1v) is 8.46. The summed E-state index contributed by atoms with van der Waals surface area (Å²) < 4.78 is 15.4. The number of benzene rings is 2. The summed E-state index contributed by atoms with van der Waals surface area (Å²) in [4.78, 5) is 22.8. The van der Waals surface area contributed by atoms with E-state index in [1.807, 2.05) is 0 Å². The van der Waals surface area contributed by atoms with Crippen LogP contribution in [0.4, 0.5) is 17.1 Å². The molecule has 0 radical (unpaired) electrons. The van der Waals surface area contributed by atoms with Crippen molar-refractivity contribution in [1.29, 1.82) is 0 Å². The first-order valence-electron chi connectivity index (χ1n) is 8.09. The summed E-state index contributed by atoms with van der Waals surface area (Å²) in [5.74, 6) is 0.575. The summed E-state index contributed by atoms with van der Waals surface area (Å²) in [7, 11) is 4.29. The number of hydrogen-bond acceptors (Lipinski definition) is 7. The van der Waals surface area contributed by atoms with Gasteiger partial charge in [-0.2, -0.15) is 0 Å². The second kappa shape index (κ2) is 9.14. The first kappa shape index (κ1) is 21.1. The third-order valence-corrected chi connectivity index (χ3v) is 4.21. The van der Waals surface area contributed by atoms with Crippen LogP contribution in [0.1, 0.15) is 5.56 Å². The van der Waals surface area contributed by atoms with Gasteiger partial charge in [-0.25, -0.2) is 0 Å². The second-order valence-corrected chi connectivity index (χ2v) is 6.09. The van der Waals surface area contributed by atoms with Crippen molar-refractivity contribution >= 4 is 34.6 Å². The Balaban J connectivity index is 2.14. The third kappa shape index (κ3) is 4.74. The maximum Gasteiger partial charge on any atom is 0.311 e. The van der Waals surface area contributed by atoms with E-state index in [2.05, 4.69) is 10.6 Å². The Morgan fingerprint density at radius 2 is 1.64 bits per heavy atom. The van der Waals surface area contributed by atoms with E-state index < -0.39 is 4.92 Å². The van der Waals surface area contributed by atoms with Crippen molar-refractivity contribution in [3.05, 3.63) is 45.0 Å². The molecule has 0 atom stereocenters. The fourth-order valence-corrected chi connectivity index (χ4v) is 2.71. The van der Waals surface area contributed by atoms with Gasteiger partial charge >= 0.3 is 5.69 Å². The summed E-state index contributed by atoms with van der Waals surface area (Å²) >= 11 is 6.06. The molecule has 0 aliphatic carbocycles. The smallest absolute Gasteiger partial charge is 0.311 e. The molecule has 0 bridgehead atoms. The average molecular weight is 410 g/mol. The topological polar surface area (TPSA) is 112 Å². The SMILES string of the molecule is COc1cc(NCC(=O)Nc2cc(OC)c([N+](=O)[O-])cc2C)c(OC)cc1Cl. The number of carbonyl (C=O) groups is 1. The molecule has 2 aromatic rings. The van der Waals surface area contributed by atoms with E-state index in [4.69, 9.17) is 25.8 Å². The predicted molar refractivity (Wildman–Crippen MR) is 106 cm³/mol. The molecule has 0 saturated carbocycles. The van der Waals surface area contributed by atoms with Crippen molar-refractivity contribution in [1.82, 2.24) is 0 Å². The number of aryl methyl sites for hydroxylation is 1. The van der Waals surface area contributed by atoms with Crippen molar-refractivity contribution in [2.75, 3.05) is 38.5 Å². The summed E-state index contributed by atoms with van der Waals surface area (Å²) in [5.41, 5.74) is 1.30. The van der Waals surface area contributed by atoms with Crippen LogP contribution in [0.5, 0.6) is 17.2 Å². The van der Waals surface area contributed by atoms with Gasteiger partial charge in [-0.15, -0.1) is 0 Å². The Morgan fingerprint density at radius 3 is 2.21 bits per heavy atom. The average Bonchev–Trinajstić information content (AvgIpc) is 2.67. The van der Waals surface area contributed by atoms with Gasteiger partial charge in [0.2, 0.25) is 5.91 Å². The van der Waals surface area contributed by atoms with Gasteiger partial charge in [-0.05, 0) is 12.5 Å². The highest BCUT2D eigenvalue weighted by molar-refractivity contribution is 6.32. The fraction of sp³-hybridized carbons (Fsp3) is 0.278. The van der Waals surface area contributed by atoms with E-state index in [0.29, 0.717) is 33.5 Å². The van der Waals surface area contributed by atoms with Crippen LogP contribution in [0, 0.1) is 17.0 Å². The van der Waals surface area contributed by atoms with Crippen molar-refractivity contribution < 1.29 is 23.9 Å². The van der Waals surface area contributed by atoms with Crippen LogP contribution in [0.3, 0.4) is 0 Å². The minimum atomic E-state index is -0.542. The molecule has 0 aromatic heterocycles. The highest BCUT2D eigenvalue weighted by atomic mass is 35.5. The number of nitro benzene ring substituents is 1. The molecule has 0 unspecified atom stereocenters. The lowest BCUT2D eigenvalue weighted by atomic mass is 10.1. The normalized spacial score (nSPS) is 10.2. The maximum absolute atomic E-state index is 12.3. The third-order valence-electron chi connectivity index (χ3n) is 3.91. The number of rotatable bonds is 8. The molecule has 1 amide bonds. The van der Waals surface area contributed by atoms with Crippen molar-refractivity contribution in [2.24, 2.45) is 0 Å². The quantitative estimate of drug-likeness (QED) is 0.505. The van der Waals surface area contributed by atoms with Crippen LogP contribution in [-0.4, -0.2) is 38.7 Å². The zero-order valence-corrected chi connectivity index (χ0v) is 16.5. The molecule has 0 saturated heterocycles. The molecule has 150 valence electrons. The van der Waals surface area contributed by atoms with Gasteiger partial charge in [0.1, 0.15) is 11.5 Å². The highest BCUT2D eigenvalue weighted by Crippen LogP contribution is 2.36. The summed E-state index contributed by atoms with van der Waals surface area (Å²) in [6.45, 7) is 1.57. The maximum atomic E-state index is 12.3. The van der Waals surface area contributed by atoms with Gasteiger partial charge in [-0.3, -0.25) is 14.9 Å². The molecule has 2 N–H and O–H groups in total. The molecule has 0 fully saturated rings. The van der Waals surface area contributed by atoms with Crippen LogP contribution >= 0.6 is 11.6 Å². The van der Waals surface area contributed by atoms with E-state index >= 15 is 0 Å². The number of nitrogens with zero attached hydrogens (tertiary/aromatic N) is 1. The van der Waals surface area contributed by atoms with Gasteiger partial charge in [0.05, 0.1) is 43.5 Å². The van der Waals surface area contributed by atoms with Crippen LogP contribution in [0.25, 0.3) is 0 Å².